The van der Waals surface area contributed by atoms with Gasteiger partial charge in [-0.15, -0.1) is 0 Å². The molecular formula is C7H10FNO5. The van der Waals surface area contributed by atoms with E-state index < -0.39 is 36.7 Å². The molecule has 0 unspecified atom stereocenters. The number of carbonyl (C=O) groups excluding carboxylic acids is 1. The summed E-state index contributed by atoms with van der Waals surface area (Å²) in [4.78, 5) is 11.7. The molecule has 0 aromatic heterocycles. The number of hydrogen-bond acceptors (Lipinski definition) is 5. The molecule has 0 saturated carbocycles. The standard InChI is InChI=1S/C7H10FNO5/c8-3-5(11)4(10)2-1-14-7(13)9(2)6(3)12/h2-6,10-12H,1H2/t2-,3-,4-,5-,6-/m1/s1. The average molecular weight is 207 g/mol. The van der Waals surface area contributed by atoms with Gasteiger partial charge in [-0.2, -0.15) is 0 Å². The second-order valence-corrected chi connectivity index (χ2v) is 3.39. The van der Waals surface area contributed by atoms with Crippen molar-refractivity contribution in [1.29, 1.82) is 0 Å². The molecule has 5 atom stereocenters. The van der Waals surface area contributed by atoms with E-state index in [1.165, 1.54) is 0 Å². The van der Waals surface area contributed by atoms with Crippen LogP contribution in [0.2, 0.25) is 0 Å². The summed E-state index contributed by atoms with van der Waals surface area (Å²) in [6.45, 7) is -0.152. The van der Waals surface area contributed by atoms with Crippen LogP contribution in [0.25, 0.3) is 0 Å². The molecule has 2 heterocycles. The van der Waals surface area contributed by atoms with Crippen LogP contribution in [0.3, 0.4) is 0 Å². The molecule has 2 aliphatic rings. The third kappa shape index (κ3) is 1.09. The van der Waals surface area contributed by atoms with E-state index in [2.05, 4.69) is 4.74 Å². The fourth-order valence-corrected chi connectivity index (χ4v) is 1.76. The molecule has 3 N–H and O–H groups in total. The molecule has 7 heteroatoms. The Morgan fingerprint density at radius 3 is 2.64 bits per heavy atom. The highest BCUT2D eigenvalue weighted by atomic mass is 19.1. The van der Waals surface area contributed by atoms with E-state index in [9.17, 15) is 24.5 Å². The molecule has 1 amide bonds. The number of cyclic esters (lactones) is 1. The van der Waals surface area contributed by atoms with Crippen molar-refractivity contribution >= 4 is 6.09 Å². The Kier molecular flexibility index (Phi) is 2.09. The van der Waals surface area contributed by atoms with Crippen LogP contribution in [0.5, 0.6) is 0 Å². The predicted molar refractivity (Wildman–Crippen MR) is 39.9 cm³/mol. The van der Waals surface area contributed by atoms with Crippen LogP contribution < -0.4 is 0 Å². The van der Waals surface area contributed by atoms with E-state index in [0.717, 1.165) is 0 Å². The van der Waals surface area contributed by atoms with Crippen LogP contribution in [0, 0.1) is 0 Å². The Morgan fingerprint density at radius 2 is 2.00 bits per heavy atom. The summed E-state index contributed by atoms with van der Waals surface area (Å²) in [6, 6.07) is -0.875. The van der Waals surface area contributed by atoms with Gasteiger partial charge in [-0.05, 0) is 0 Å². The molecular weight excluding hydrogens is 197 g/mol. The maximum absolute atomic E-state index is 13.1. The van der Waals surface area contributed by atoms with E-state index in [1.807, 2.05) is 0 Å². The number of rotatable bonds is 0. The summed E-state index contributed by atoms with van der Waals surface area (Å²) in [7, 11) is 0. The molecule has 0 aromatic rings. The number of piperidine rings is 1. The van der Waals surface area contributed by atoms with Crippen molar-refractivity contribution in [2.24, 2.45) is 0 Å². The van der Waals surface area contributed by atoms with E-state index >= 15 is 0 Å². The predicted octanol–water partition coefficient (Wildman–Crippen LogP) is -1.80. The summed E-state index contributed by atoms with van der Waals surface area (Å²) >= 11 is 0. The molecule has 2 rings (SSSR count). The number of carbonyl (C=O) groups is 1. The summed E-state index contributed by atoms with van der Waals surface area (Å²) in [5.41, 5.74) is 0. The topological polar surface area (TPSA) is 90.2 Å². The summed E-state index contributed by atoms with van der Waals surface area (Å²) in [6.07, 6.45) is -7.84. The fraction of sp³-hybridized carbons (Fsp3) is 0.857. The molecule has 0 aliphatic carbocycles. The highest BCUT2D eigenvalue weighted by Crippen LogP contribution is 2.29. The normalized spacial score (nSPS) is 47.6. The lowest BCUT2D eigenvalue weighted by Crippen LogP contribution is -2.64. The highest BCUT2D eigenvalue weighted by Gasteiger charge is 2.54. The molecule has 2 saturated heterocycles. The van der Waals surface area contributed by atoms with Gasteiger partial charge in [0, 0.05) is 0 Å². The van der Waals surface area contributed by atoms with Gasteiger partial charge in [-0.25, -0.2) is 9.18 Å². The third-order valence-electron chi connectivity index (χ3n) is 2.59. The van der Waals surface area contributed by atoms with Crippen LogP contribution in [-0.4, -0.2) is 63.6 Å². The molecule has 14 heavy (non-hydrogen) atoms. The van der Waals surface area contributed by atoms with E-state index in [0.29, 0.717) is 4.90 Å². The zero-order chi connectivity index (χ0) is 10.5. The largest absolute Gasteiger partial charge is 0.447 e. The van der Waals surface area contributed by atoms with Gasteiger partial charge < -0.3 is 20.1 Å². The summed E-state index contributed by atoms with van der Waals surface area (Å²) in [5.74, 6) is 0. The lowest BCUT2D eigenvalue weighted by Gasteiger charge is -2.40. The minimum atomic E-state index is -2.08. The van der Waals surface area contributed by atoms with Gasteiger partial charge in [-0.3, -0.25) is 4.90 Å². The second kappa shape index (κ2) is 3.04. The first-order valence-electron chi connectivity index (χ1n) is 4.17. The lowest BCUT2D eigenvalue weighted by atomic mass is 9.95. The fourth-order valence-electron chi connectivity index (χ4n) is 1.76. The van der Waals surface area contributed by atoms with Crippen molar-refractivity contribution in [2.75, 3.05) is 6.61 Å². The highest BCUT2D eigenvalue weighted by molar-refractivity contribution is 5.70. The first-order valence-corrected chi connectivity index (χ1v) is 4.17. The SMILES string of the molecule is O=C1OC[C@@H]2[C@@H](O)[C@H](O)[C@@H](F)[C@@H](O)N12. The van der Waals surface area contributed by atoms with Gasteiger partial charge in [-0.1, -0.05) is 0 Å². The number of nitrogens with zero attached hydrogens (tertiary/aromatic N) is 1. The Balaban J connectivity index is 2.27. The quantitative estimate of drug-likeness (QED) is 0.436. The number of aliphatic hydroxyl groups is 3. The Morgan fingerprint density at radius 1 is 1.36 bits per heavy atom. The number of fused-ring (bicyclic) bond motifs is 1. The maximum Gasteiger partial charge on any atom is 0.412 e. The maximum atomic E-state index is 13.1. The van der Waals surface area contributed by atoms with Crippen molar-refractivity contribution in [3.63, 3.8) is 0 Å². The first kappa shape index (κ1) is 9.63. The van der Waals surface area contributed by atoms with Crippen molar-refractivity contribution in [2.45, 2.75) is 30.6 Å². The summed E-state index contributed by atoms with van der Waals surface area (Å²) < 4.78 is 17.6. The van der Waals surface area contributed by atoms with Gasteiger partial charge in [0.15, 0.2) is 12.4 Å². The van der Waals surface area contributed by atoms with Gasteiger partial charge in [0.2, 0.25) is 0 Å². The first-order chi connectivity index (χ1) is 6.54. The molecule has 2 aliphatic heterocycles. The van der Waals surface area contributed by atoms with Crippen LogP contribution in [0.1, 0.15) is 0 Å². The Bertz CT molecular complexity index is 262. The van der Waals surface area contributed by atoms with Gasteiger partial charge in [0.1, 0.15) is 24.9 Å². The van der Waals surface area contributed by atoms with Crippen LogP contribution in [0.4, 0.5) is 9.18 Å². The molecule has 80 valence electrons. The minimum absolute atomic E-state index is 0.152. The third-order valence-corrected chi connectivity index (χ3v) is 2.59. The zero-order valence-electron chi connectivity index (χ0n) is 7.08. The molecule has 0 aromatic carbocycles. The van der Waals surface area contributed by atoms with E-state index in [-0.39, 0.29) is 6.61 Å². The van der Waals surface area contributed by atoms with E-state index in [4.69, 9.17) is 0 Å². The molecule has 0 spiro atoms. The van der Waals surface area contributed by atoms with Crippen LogP contribution in [0.15, 0.2) is 0 Å². The van der Waals surface area contributed by atoms with Gasteiger partial charge in [0.25, 0.3) is 0 Å². The minimum Gasteiger partial charge on any atom is -0.447 e. The van der Waals surface area contributed by atoms with Crippen molar-refractivity contribution in [1.82, 2.24) is 4.90 Å². The Hall–Kier alpha value is -0.920. The number of halogens is 1. The monoisotopic (exact) mass is 207 g/mol. The van der Waals surface area contributed by atoms with Gasteiger partial charge >= 0.3 is 6.09 Å². The molecule has 6 nitrogen and oxygen atoms in total. The lowest BCUT2D eigenvalue weighted by molar-refractivity contribution is -0.169. The number of ether oxygens (including phenoxy) is 1. The zero-order valence-corrected chi connectivity index (χ0v) is 7.08. The summed E-state index contributed by atoms with van der Waals surface area (Å²) in [5, 5.41) is 27.8. The Labute approximate surface area is 78.5 Å². The van der Waals surface area contributed by atoms with Gasteiger partial charge in [0.05, 0.1) is 0 Å². The molecule has 0 radical (unpaired) electrons. The second-order valence-electron chi connectivity index (χ2n) is 3.39. The van der Waals surface area contributed by atoms with Crippen molar-refractivity contribution in [3.8, 4) is 0 Å². The van der Waals surface area contributed by atoms with Crippen LogP contribution >= 0.6 is 0 Å². The molecule has 0 bridgehead atoms. The van der Waals surface area contributed by atoms with Crippen molar-refractivity contribution < 1.29 is 29.2 Å². The number of hydrogen-bond donors (Lipinski definition) is 3. The molecule has 2 fully saturated rings. The average Bonchev–Trinajstić information content (AvgIpc) is 2.54. The smallest absolute Gasteiger partial charge is 0.412 e. The number of alkyl halides is 1. The van der Waals surface area contributed by atoms with Crippen molar-refractivity contribution in [3.05, 3.63) is 0 Å². The number of aliphatic hydroxyl groups excluding tert-OH is 3. The van der Waals surface area contributed by atoms with E-state index in [1.54, 1.807) is 0 Å². The van der Waals surface area contributed by atoms with Crippen LogP contribution in [-0.2, 0) is 4.74 Å². The number of amides is 1.